The van der Waals surface area contributed by atoms with Crippen molar-refractivity contribution >= 4 is 15.9 Å². The lowest BCUT2D eigenvalue weighted by Gasteiger charge is -2.30. The second kappa shape index (κ2) is 6.30. The fourth-order valence-electron chi connectivity index (χ4n) is 5.79. The van der Waals surface area contributed by atoms with Gasteiger partial charge in [0.1, 0.15) is 5.82 Å². The van der Waals surface area contributed by atoms with Crippen LogP contribution >= 0.6 is 15.9 Å². The molecule has 3 nitrogen and oxygen atoms in total. The van der Waals surface area contributed by atoms with Crippen molar-refractivity contribution < 1.29 is 0 Å². The van der Waals surface area contributed by atoms with E-state index in [0.29, 0.717) is 6.04 Å². The molecule has 3 atom stereocenters. The molecule has 2 heterocycles. The zero-order valence-electron chi connectivity index (χ0n) is 16.1. The number of hydrogen-bond acceptors (Lipinski definition) is 2. The van der Waals surface area contributed by atoms with Crippen molar-refractivity contribution in [2.45, 2.75) is 44.2 Å². The molecule has 142 valence electrons. The maximum Gasteiger partial charge on any atom is 0.124 e. The van der Waals surface area contributed by atoms with E-state index in [0.717, 1.165) is 36.3 Å². The summed E-state index contributed by atoms with van der Waals surface area (Å²) in [7, 11) is 2.27. The largest absolute Gasteiger partial charge is 0.341 e. The molecule has 2 aromatic carbocycles. The van der Waals surface area contributed by atoms with Crippen LogP contribution in [0.4, 0.5) is 0 Å². The van der Waals surface area contributed by atoms with Crippen LogP contribution in [-0.4, -0.2) is 28.0 Å². The number of likely N-dealkylation sites (tertiary alicyclic amines) is 1. The summed E-state index contributed by atoms with van der Waals surface area (Å²) in [4.78, 5) is 11.0. The second-order valence-corrected chi connectivity index (χ2v) is 9.61. The number of nitrogens with zero attached hydrogens (tertiary/aromatic N) is 2. The molecule has 0 radical (unpaired) electrons. The number of fused-ring (bicyclic) bond motifs is 5. The van der Waals surface area contributed by atoms with Gasteiger partial charge in [-0.25, -0.2) is 4.98 Å². The highest BCUT2D eigenvalue weighted by atomic mass is 79.9. The fourth-order valence-corrected chi connectivity index (χ4v) is 6.20. The number of benzene rings is 2. The predicted molar refractivity (Wildman–Crippen MR) is 116 cm³/mol. The molecule has 3 aliphatic rings. The fraction of sp³-hybridized carbons (Fsp3) is 0.375. The first-order chi connectivity index (χ1) is 13.7. The van der Waals surface area contributed by atoms with E-state index in [1.165, 1.54) is 51.6 Å². The third-order valence-corrected chi connectivity index (χ3v) is 7.71. The Bertz CT molecular complexity index is 1070. The Morgan fingerprint density at radius 3 is 2.61 bits per heavy atom. The molecule has 3 aromatic rings. The molecule has 28 heavy (non-hydrogen) atoms. The molecule has 0 amide bonds. The van der Waals surface area contributed by atoms with E-state index in [1.54, 1.807) is 0 Å². The van der Waals surface area contributed by atoms with Crippen LogP contribution in [-0.2, 0) is 12.8 Å². The lowest BCUT2D eigenvalue weighted by molar-refractivity contribution is 0.171. The number of aryl methyl sites for hydroxylation is 2. The monoisotopic (exact) mass is 433 g/mol. The summed E-state index contributed by atoms with van der Waals surface area (Å²) in [5, 5.41) is 0. The van der Waals surface area contributed by atoms with Gasteiger partial charge in [0.2, 0.25) is 0 Å². The Kier molecular flexibility index (Phi) is 3.82. The number of rotatable bonds is 2. The Morgan fingerprint density at radius 2 is 1.82 bits per heavy atom. The zero-order valence-corrected chi connectivity index (χ0v) is 17.7. The average Bonchev–Trinajstić information content (AvgIpc) is 3.43. The maximum absolute atomic E-state index is 4.80. The number of piperidine rings is 1. The van der Waals surface area contributed by atoms with E-state index in [2.05, 4.69) is 69.3 Å². The van der Waals surface area contributed by atoms with Gasteiger partial charge in [-0.3, -0.25) is 4.90 Å². The normalized spacial score (nSPS) is 25.7. The molecule has 0 spiro atoms. The minimum Gasteiger partial charge on any atom is -0.341 e. The zero-order chi connectivity index (χ0) is 18.8. The Hall–Kier alpha value is -1.91. The van der Waals surface area contributed by atoms with Crippen molar-refractivity contribution in [2.24, 2.45) is 5.92 Å². The third-order valence-electron chi connectivity index (χ3n) is 7.22. The average molecular weight is 434 g/mol. The van der Waals surface area contributed by atoms with E-state index in [-0.39, 0.29) is 0 Å². The smallest absolute Gasteiger partial charge is 0.124 e. The van der Waals surface area contributed by atoms with Crippen LogP contribution in [0.2, 0.25) is 0 Å². The van der Waals surface area contributed by atoms with Crippen molar-refractivity contribution in [1.29, 1.82) is 0 Å². The Morgan fingerprint density at radius 1 is 1.04 bits per heavy atom. The van der Waals surface area contributed by atoms with Gasteiger partial charge in [0.15, 0.2) is 0 Å². The van der Waals surface area contributed by atoms with Crippen LogP contribution in [0.25, 0.3) is 22.4 Å². The number of H-pyrrole nitrogens is 1. The molecule has 6 rings (SSSR count). The molecule has 1 aromatic heterocycles. The molecule has 1 saturated heterocycles. The number of imidazole rings is 1. The molecule has 2 bridgehead atoms. The standard InChI is InChI=1S/C24H24BrN3/c1-28-19-7-4-17(12-19)23(28)24-26-13-22(27-24)16-5-8-20-14(10-16)2-3-15-11-18(25)6-9-21(15)20/h5-6,8-11,13,17,19,23H,2-4,7,12H2,1H3,(H,26,27)/t17-,19+,23-/m0/s1. The number of aromatic nitrogens is 2. The molecule has 1 N–H and O–H groups in total. The highest BCUT2D eigenvalue weighted by molar-refractivity contribution is 9.10. The summed E-state index contributed by atoms with van der Waals surface area (Å²) in [6, 6.07) is 14.8. The summed E-state index contributed by atoms with van der Waals surface area (Å²) in [6.45, 7) is 0. The SMILES string of the molecule is CN1[C@@H]2CC[C@@H](C2)[C@H]1c1ncc(-c2ccc3c(c2)CCc2cc(Br)ccc2-3)[nH]1. The first-order valence-electron chi connectivity index (χ1n) is 10.4. The van der Waals surface area contributed by atoms with E-state index in [4.69, 9.17) is 4.98 Å². The molecule has 1 saturated carbocycles. The molecule has 1 aliphatic heterocycles. The quantitative estimate of drug-likeness (QED) is 0.556. The lowest BCUT2D eigenvalue weighted by Crippen LogP contribution is -2.32. The van der Waals surface area contributed by atoms with Crippen LogP contribution in [0.3, 0.4) is 0 Å². The van der Waals surface area contributed by atoms with Gasteiger partial charge >= 0.3 is 0 Å². The molecular formula is C24H24BrN3. The van der Waals surface area contributed by atoms with E-state index in [9.17, 15) is 0 Å². The van der Waals surface area contributed by atoms with Gasteiger partial charge < -0.3 is 4.98 Å². The topological polar surface area (TPSA) is 31.9 Å². The van der Waals surface area contributed by atoms with Crippen molar-refractivity contribution in [2.75, 3.05) is 7.05 Å². The summed E-state index contributed by atoms with van der Waals surface area (Å²) in [6.07, 6.45) is 8.28. The van der Waals surface area contributed by atoms with Gasteiger partial charge in [0.25, 0.3) is 0 Å². The highest BCUT2D eigenvalue weighted by Crippen LogP contribution is 2.48. The maximum atomic E-state index is 4.80. The van der Waals surface area contributed by atoms with E-state index < -0.39 is 0 Å². The number of aromatic amines is 1. The highest BCUT2D eigenvalue weighted by Gasteiger charge is 2.45. The third kappa shape index (κ3) is 2.54. The number of halogens is 1. The Balaban J connectivity index is 1.34. The minimum absolute atomic E-state index is 0.468. The van der Waals surface area contributed by atoms with Gasteiger partial charge in [0, 0.05) is 10.5 Å². The van der Waals surface area contributed by atoms with Crippen LogP contribution < -0.4 is 0 Å². The lowest BCUT2D eigenvalue weighted by atomic mass is 9.84. The molecule has 4 heteroatoms. The summed E-state index contributed by atoms with van der Waals surface area (Å²) in [5.74, 6) is 1.92. The molecule has 2 aliphatic carbocycles. The predicted octanol–water partition coefficient (Wildman–Crippen LogP) is 5.76. The first-order valence-corrected chi connectivity index (χ1v) is 11.2. The van der Waals surface area contributed by atoms with E-state index >= 15 is 0 Å². The number of hydrogen-bond donors (Lipinski definition) is 1. The van der Waals surface area contributed by atoms with Crippen molar-refractivity contribution in [1.82, 2.24) is 14.9 Å². The summed E-state index contributed by atoms with van der Waals surface area (Å²) >= 11 is 3.60. The van der Waals surface area contributed by atoms with Gasteiger partial charge in [-0.05, 0) is 91.1 Å². The summed E-state index contributed by atoms with van der Waals surface area (Å²) in [5.41, 5.74) is 8.05. The van der Waals surface area contributed by atoms with Gasteiger partial charge in [0.05, 0.1) is 17.9 Å². The van der Waals surface area contributed by atoms with Gasteiger partial charge in [-0.1, -0.05) is 34.1 Å². The Labute approximate surface area is 174 Å². The van der Waals surface area contributed by atoms with Crippen molar-refractivity contribution in [3.8, 4) is 22.4 Å². The minimum atomic E-state index is 0.468. The van der Waals surface area contributed by atoms with Crippen molar-refractivity contribution in [3.05, 3.63) is 64.0 Å². The van der Waals surface area contributed by atoms with Crippen molar-refractivity contribution in [3.63, 3.8) is 0 Å². The number of nitrogens with one attached hydrogen (secondary N) is 1. The molecular weight excluding hydrogens is 410 g/mol. The van der Waals surface area contributed by atoms with Crippen LogP contribution in [0.15, 0.2) is 47.1 Å². The van der Waals surface area contributed by atoms with Crippen LogP contribution in [0.5, 0.6) is 0 Å². The molecule has 2 fully saturated rings. The van der Waals surface area contributed by atoms with Crippen LogP contribution in [0.1, 0.15) is 42.3 Å². The van der Waals surface area contributed by atoms with Gasteiger partial charge in [-0.2, -0.15) is 0 Å². The first kappa shape index (κ1) is 17.0. The summed E-state index contributed by atoms with van der Waals surface area (Å²) < 4.78 is 1.17. The second-order valence-electron chi connectivity index (χ2n) is 8.69. The van der Waals surface area contributed by atoms with Gasteiger partial charge in [-0.15, -0.1) is 0 Å². The molecule has 0 unspecified atom stereocenters. The van der Waals surface area contributed by atoms with E-state index in [1.807, 2.05) is 6.20 Å². The van der Waals surface area contributed by atoms with Crippen LogP contribution in [0, 0.1) is 5.92 Å².